The molecule has 47 heavy (non-hydrogen) atoms. The molecule has 0 aliphatic carbocycles. The number of carbonyl (C=O) groups excluding carboxylic acids is 1. The smallest absolute Gasteiger partial charge is 0.323 e. The maximum absolute atomic E-state index is 12.7. The molecule has 4 aromatic rings. The molecule has 0 bridgehead atoms. The van der Waals surface area contributed by atoms with E-state index in [1.165, 1.54) is 21.6 Å². The van der Waals surface area contributed by atoms with E-state index in [-0.39, 0.29) is 17.8 Å². The van der Waals surface area contributed by atoms with Gasteiger partial charge < -0.3 is 24.1 Å². The number of nitrogens with zero attached hydrogens (tertiary/aromatic N) is 2. The van der Waals surface area contributed by atoms with E-state index in [0.29, 0.717) is 13.2 Å². The molecule has 1 N–H and O–H groups in total. The van der Waals surface area contributed by atoms with Crippen LogP contribution in [0.4, 0.5) is 0 Å². The summed E-state index contributed by atoms with van der Waals surface area (Å²) in [6, 6.07) is 20.2. The number of hydrogen-bond donors (Lipinski definition) is 1. The SMILES string of the molecule is COc1cc(Cc2c(-c3ccc(OCCN4CCC[C@H]4C(=O)OC(C)(C)C)cc3)sc3cc(O)ccc23)ccc1CN1CCOCC1. The summed E-state index contributed by atoms with van der Waals surface area (Å²) in [4.78, 5) is 18.4. The molecule has 3 heterocycles. The molecule has 2 fully saturated rings. The number of esters is 1. The molecule has 8 nitrogen and oxygen atoms in total. The highest BCUT2D eigenvalue weighted by Gasteiger charge is 2.33. The number of likely N-dealkylation sites (tertiary alicyclic amines) is 1. The molecule has 2 aliphatic heterocycles. The summed E-state index contributed by atoms with van der Waals surface area (Å²) < 4.78 is 24.2. The molecule has 3 aromatic carbocycles. The minimum atomic E-state index is -0.487. The fourth-order valence-electron chi connectivity index (χ4n) is 6.49. The zero-order chi connectivity index (χ0) is 33.0. The van der Waals surface area contributed by atoms with Crippen molar-refractivity contribution in [3.05, 3.63) is 77.4 Å². The van der Waals surface area contributed by atoms with Gasteiger partial charge in [0.15, 0.2) is 0 Å². The summed E-state index contributed by atoms with van der Waals surface area (Å²) in [6.45, 7) is 12.0. The monoisotopic (exact) mass is 658 g/mol. The first-order valence-electron chi connectivity index (χ1n) is 16.6. The van der Waals surface area contributed by atoms with Gasteiger partial charge in [-0.3, -0.25) is 14.6 Å². The predicted octanol–water partition coefficient (Wildman–Crippen LogP) is 6.89. The molecular weight excluding hydrogens is 612 g/mol. The second kappa shape index (κ2) is 14.6. The molecule has 0 unspecified atom stereocenters. The van der Waals surface area contributed by atoms with Crippen LogP contribution in [0.25, 0.3) is 20.5 Å². The topological polar surface area (TPSA) is 80.7 Å². The Morgan fingerprint density at radius 2 is 1.81 bits per heavy atom. The van der Waals surface area contributed by atoms with Gasteiger partial charge in [0.1, 0.15) is 35.5 Å². The highest BCUT2D eigenvalue weighted by Crippen LogP contribution is 2.42. The van der Waals surface area contributed by atoms with Crippen LogP contribution in [0.3, 0.4) is 0 Å². The molecule has 6 rings (SSSR count). The van der Waals surface area contributed by atoms with Crippen LogP contribution in [-0.4, -0.2) is 85.6 Å². The van der Waals surface area contributed by atoms with Gasteiger partial charge in [-0.05, 0) is 117 Å². The van der Waals surface area contributed by atoms with Gasteiger partial charge >= 0.3 is 5.97 Å². The zero-order valence-electron chi connectivity index (χ0n) is 27.9. The molecule has 2 aliphatic rings. The van der Waals surface area contributed by atoms with E-state index < -0.39 is 5.60 Å². The second-order valence-electron chi connectivity index (χ2n) is 13.4. The van der Waals surface area contributed by atoms with E-state index in [0.717, 1.165) is 85.8 Å². The number of phenolic OH excluding ortho intramolecular Hbond substituents is 1. The Balaban J connectivity index is 1.16. The molecular formula is C38H46N2O6S. The third-order valence-corrected chi connectivity index (χ3v) is 10.1. The van der Waals surface area contributed by atoms with Gasteiger partial charge in [0, 0.05) is 41.3 Å². The van der Waals surface area contributed by atoms with E-state index in [4.69, 9.17) is 18.9 Å². The normalized spacial score (nSPS) is 17.7. The third kappa shape index (κ3) is 8.27. The number of ether oxygens (including phenoxy) is 4. The first kappa shape index (κ1) is 33.3. The summed E-state index contributed by atoms with van der Waals surface area (Å²) in [5.74, 6) is 1.82. The van der Waals surface area contributed by atoms with Crippen molar-refractivity contribution in [2.45, 2.75) is 58.2 Å². The van der Waals surface area contributed by atoms with Crippen LogP contribution in [0.2, 0.25) is 0 Å². The minimum absolute atomic E-state index is 0.144. The van der Waals surface area contributed by atoms with Crippen LogP contribution in [0, 0.1) is 0 Å². The quantitative estimate of drug-likeness (QED) is 0.175. The van der Waals surface area contributed by atoms with Crippen LogP contribution < -0.4 is 9.47 Å². The van der Waals surface area contributed by atoms with Gasteiger partial charge in [0.2, 0.25) is 0 Å². The number of morpholine rings is 1. The zero-order valence-corrected chi connectivity index (χ0v) is 28.7. The van der Waals surface area contributed by atoms with Crippen LogP contribution in [0.1, 0.15) is 50.3 Å². The Morgan fingerprint density at radius 3 is 2.55 bits per heavy atom. The van der Waals surface area contributed by atoms with E-state index in [1.807, 2.05) is 45.0 Å². The maximum atomic E-state index is 12.7. The Labute approximate surface area is 281 Å². The van der Waals surface area contributed by atoms with Gasteiger partial charge in [-0.1, -0.05) is 12.1 Å². The van der Waals surface area contributed by atoms with Gasteiger partial charge in [0.05, 0.1) is 20.3 Å². The summed E-state index contributed by atoms with van der Waals surface area (Å²) in [7, 11) is 1.74. The lowest BCUT2D eigenvalue weighted by Crippen LogP contribution is -2.42. The number of methoxy groups -OCH3 is 1. The number of benzene rings is 3. The molecule has 0 saturated carbocycles. The first-order chi connectivity index (χ1) is 22.7. The fraction of sp³-hybridized carbons (Fsp3) is 0.447. The number of thiophene rings is 1. The van der Waals surface area contributed by atoms with Gasteiger partial charge in [-0.25, -0.2) is 0 Å². The van der Waals surface area contributed by atoms with Gasteiger partial charge in [-0.2, -0.15) is 0 Å². The number of fused-ring (bicyclic) bond motifs is 1. The van der Waals surface area contributed by atoms with Crippen molar-refractivity contribution < 1.29 is 28.8 Å². The summed E-state index contributed by atoms with van der Waals surface area (Å²) >= 11 is 1.69. The Morgan fingerprint density at radius 1 is 1.02 bits per heavy atom. The highest BCUT2D eigenvalue weighted by molar-refractivity contribution is 7.22. The summed E-state index contributed by atoms with van der Waals surface area (Å²) in [5.41, 5.74) is 4.20. The van der Waals surface area contributed by atoms with E-state index in [1.54, 1.807) is 24.5 Å². The van der Waals surface area contributed by atoms with Crippen molar-refractivity contribution in [1.82, 2.24) is 9.80 Å². The lowest BCUT2D eigenvalue weighted by atomic mass is 9.97. The molecule has 0 radical (unpaired) electrons. The molecule has 0 amide bonds. The second-order valence-corrected chi connectivity index (χ2v) is 14.5. The van der Waals surface area contributed by atoms with Crippen LogP contribution in [-0.2, 0) is 27.2 Å². The lowest BCUT2D eigenvalue weighted by Gasteiger charge is -2.27. The molecule has 9 heteroatoms. The third-order valence-electron chi connectivity index (χ3n) is 8.81. The molecule has 1 atom stereocenters. The number of carbonyl (C=O) groups is 1. The molecule has 1 aromatic heterocycles. The van der Waals surface area contributed by atoms with Crippen molar-refractivity contribution in [3.63, 3.8) is 0 Å². The number of aromatic hydroxyl groups is 1. The van der Waals surface area contributed by atoms with Crippen molar-refractivity contribution in [2.24, 2.45) is 0 Å². The Bertz CT molecular complexity index is 1670. The van der Waals surface area contributed by atoms with Gasteiger partial charge in [0.25, 0.3) is 0 Å². The van der Waals surface area contributed by atoms with Gasteiger partial charge in [-0.15, -0.1) is 11.3 Å². The average molecular weight is 659 g/mol. The summed E-state index contributed by atoms with van der Waals surface area (Å²) in [5, 5.41) is 11.4. The first-order valence-corrected chi connectivity index (χ1v) is 17.4. The Kier molecular flexibility index (Phi) is 10.4. The standard InChI is InChI=1S/C38H46N2O6S/c1-38(2,3)46-37(42)33-6-5-15-40(33)18-21-45-30-12-9-27(10-13-30)36-32(31-14-11-29(41)24-35(31)47-36)22-26-7-8-28(34(23-26)43-4)25-39-16-19-44-20-17-39/h7-14,23-24,33,41H,5-6,15-22,25H2,1-4H3/t33-/m0/s1. The minimum Gasteiger partial charge on any atom is -0.508 e. The van der Waals surface area contributed by atoms with E-state index in [2.05, 4.69) is 40.1 Å². The summed E-state index contributed by atoms with van der Waals surface area (Å²) in [6.07, 6.45) is 2.55. The van der Waals surface area contributed by atoms with Crippen LogP contribution in [0.5, 0.6) is 17.2 Å². The molecule has 0 spiro atoms. The lowest BCUT2D eigenvalue weighted by molar-refractivity contribution is -0.160. The van der Waals surface area contributed by atoms with Crippen molar-refractivity contribution >= 4 is 27.4 Å². The highest BCUT2D eigenvalue weighted by atomic mass is 32.1. The number of phenols is 1. The van der Waals surface area contributed by atoms with Crippen molar-refractivity contribution in [1.29, 1.82) is 0 Å². The maximum Gasteiger partial charge on any atom is 0.323 e. The van der Waals surface area contributed by atoms with E-state index in [9.17, 15) is 9.90 Å². The van der Waals surface area contributed by atoms with Crippen LogP contribution >= 0.6 is 11.3 Å². The van der Waals surface area contributed by atoms with E-state index >= 15 is 0 Å². The van der Waals surface area contributed by atoms with Crippen molar-refractivity contribution in [2.75, 3.05) is 53.1 Å². The fourth-order valence-corrected chi connectivity index (χ4v) is 7.75. The van der Waals surface area contributed by atoms with Crippen molar-refractivity contribution in [3.8, 4) is 27.7 Å². The average Bonchev–Trinajstić information content (AvgIpc) is 3.66. The molecule has 2 saturated heterocycles. The predicted molar refractivity (Wildman–Crippen MR) is 187 cm³/mol. The Hall–Kier alpha value is -3.63. The molecule has 250 valence electrons. The largest absolute Gasteiger partial charge is 0.508 e. The number of hydrogen-bond acceptors (Lipinski definition) is 9. The van der Waals surface area contributed by atoms with Crippen LogP contribution in [0.15, 0.2) is 60.7 Å². The number of rotatable bonds is 11.